The van der Waals surface area contributed by atoms with Crippen LogP contribution in [0.25, 0.3) is 0 Å². The molecule has 3 amide bonds. The van der Waals surface area contributed by atoms with Gasteiger partial charge in [-0.25, -0.2) is 9.18 Å². The van der Waals surface area contributed by atoms with Crippen LogP contribution in [0.4, 0.5) is 14.9 Å². The van der Waals surface area contributed by atoms with Gasteiger partial charge in [0.1, 0.15) is 35.7 Å². The van der Waals surface area contributed by atoms with Crippen LogP contribution >= 0.6 is 0 Å². The Morgan fingerprint density at radius 3 is 2.00 bits per heavy atom. The normalized spacial score (nSPS) is 12.7. The lowest BCUT2D eigenvalue weighted by Gasteiger charge is -2.25. The monoisotopic (exact) mass is 601 g/mol. The molecule has 43 heavy (non-hydrogen) atoms. The van der Waals surface area contributed by atoms with Crippen molar-refractivity contribution in [3.05, 3.63) is 66.0 Å². The molecule has 2 aromatic carbocycles. The molecule has 0 aliphatic rings. The number of hydrogen-bond acceptors (Lipinski definition) is 8. The first kappa shape index (κ1) is 34.7. The number of benzene rings is 2. The number of alkyl carbamates (subject to hydrolysis) is 1. The smallest absolute Gasteiger partial charge is 0.408 e. The van der Waals surface area contributed by atoms with Crippen molar-refractivity contribution in [3.8, 4) is 0 Å². The van der Waals surface area contributed by atoms with E-state index in [-0.39, 0.29) is 25.1 Å². The predicted octanol–water partition coefficient (Wildman–Crippen LogP) is 4.40. The molecule has 0 aliphatic heterocycles. The summed E-state index contributed by atoms with van der Waals surface area (Å²) in [5.74, 6) is -3.66. The van der Waals surface area contributed by atoms with E-state index >= 15 is 0 Å². The minimum atomic E-state index is -1.50. The second-order valence-corrected chi connectivity index (χ2v) is 11.7. The summed E-state index contributed by atoms with van der Waals surface area (Å²) in [5, 5.41) is 7.34. The maximum atomic E-state index is 13.7. The molecule has 0 bridgehead atoms. The quantitative estimate of drug-likeness (QED) is 0.240. The fourth-order valence-corrected chi connectivity index (χ4v) is 3.66. The van der Waals surface area contributed by atoms with Gasteiger partial charge in [-0.15, -0.1) is 0 Å². The van der Waals surface area contributed by atoms with Crippen molar-refractivity contribution in [2.75, 3.05) is 5.32 Å². The summed E-state index contributed by atoms with van der Waals surface area (Å²) in [7, 11) is 0. The zero-order chi connectivity index (χ0) is 32.2. The Kier molecular flexibility index (Phi) is 12.6. The minimum absolute atomic E-state index is 0.0952. The fourth-order valence-electron chi connectivity index (χ4n) is 3.66. The Balaban J connectivity index is 2.22. The van der Waals surface area contributed by atoms with Crippen molar-refractivity contribution in [1.82, 2.24) is 10.6 Å². The van der Waals surface area contributed by atoms with Gasteiger partial charge in [0.25, 0.3) is 0 Å². The summed E-state index contributed by atoms with van der Waals surface area (Å²) in [4.78, 5) is 64.1. The fraction of sp³-hybridized carbons (Fsp3) is 0.452. The molecule has 0 aliphatic carbocycles. The maximum absolute atomic E-state index is 13.7. The topological polar surface area (TPSA) is 149 Å². The standard InChI is InChI=1S/C31H40FN3O8/c1-30(2,3)42-25(36)16-15-23(27(38)33-22-14-10-13-21(32)17-22)34-28(39)24(18-26(37)43-31(4,5)6)35-29(40)41-19-20-11-8-7-9-12-20/h7-14,17,23-24H,15-16,18-19H2,1-6H3,(H,33,38)(H,34,39)(H,35,40)/t23-,24-/m0/s1. The first-order valence-electron chi connectivity index (χ1n) is 13.8. The number of rotatable bonds is 12. The summed E-state index contributed by atoms with van der Waals surface area (Å²) >= 11 is 0. The third kappa shape index (κ3) is 14.3. The highest BCUT2D eigenvalue weighted by Gasteiger charge is 2.31. The van der Waals surface area contributed by atoms with Crippen molar-refractivity contribution in [2.24, 2.45) is 0 Å². The Morgan fingerprint density at radius 1 is 0.767 bits per heavy atom. The van der Waals surface area contributed by atoms with Crippen LogP contribution in [-0.2, 0) is 40.0 Å². The number of ether oxygens (including phenoxy) is 3. The van der Waals surface area contributed by atoms with E-state index < -0.39 is 65.4 Å². The van der Waals surface area contributed by atoms with Gasteiger partial charge in [-0.05, 0) is 71.7 Å². The summed E-state index contributed by atoms with van der Waals surface area (Å²) in [5.41, 5.74) is -0.828. The summed E-state index contributed by atoms with van der Waals surface area (Å²) in [6.45, 7) is 9.89. The SMILES string of the molecule is CC(C)(C)OC(=O)CC[C@H](NC(=O)[C@H](CC(=O)OC(C)(C)C)NC(=O)OCc1ccccc1)C(=O)Nc1cccc(F)c1. The largest absolute Gasteiger partial charge is 0.460 e. The molecule has 11 nitrogen and oxygen atoms in total. The average molecular weight is 602 g/mol. The number of hydrogen-bond donors (Lipinski definition) is 3. The van der Waals surface area contributed by atoms with Crippen molar-refractivity contribution in [3.63, 3.8) is 0 Å². The molecule has 0 fully saturated rings. The Morgan fingerprint density at radius 2 is 1.40 bits per heavy atom. The maximum Gasteiger partial charge on any atom is 0.408 e. The Labute approximate surface area is 250 Å². The molecule has 0 unspecified atom stereocenters. The molecule has 3 N–H and O–H groups in total. The molecule has 2 aromatic rings. The van der Waals surface area contributed by atoms with Crippen LogP contribution in [0.3, 0.4) is 0 Å². The van der Waals surface area contributed by atoms with Gasteiger partial charge in [0, 0.05) is 12.1 Å². The zero-order valence-corrected chi connectivity index (χ0v) is 25.3. The van der Waals surface area contributed by atoms with Crippen molar-refractivity contribution in [2.45, 2.75) is 90.7 Å². The van der Waals surface area contributed by atoms with Gasteiger partial charge in [-0.1, -0.05) is 36.4 Å². The van der Waals surface area contributed by atoms with E-state index in [1.807, 2.05) is 0 Å². The van der Waals surface area contributed by atoms with Gasteiger partial charge in [0.15, 0.2) is 0 Å². The molecule has 2 rings (SSSR count). The molecule has 12 heteroatoms. The van der Waals surface area contributed by atoms with Crippen LogP contribution < -0.4 is 16.0 Å². The Hall–Kier alpha value is -4.48. The number of carbonyl (C=O) groups is 5. The lowest BCUT2D eigenvalue weighted by atomic mass is 10.1. The molecule has 234 valence electrons. The number of carbonyl (C=O) groups excluding carboxylic acids is 5. The van der Waals surface area contributed by atoms with E-state index in [0.29, 0.717) is 5.56 Å². The lowest BCUT2D eigenvalue weighted by molar-refractivity contribution is -0.156. The molecule has 0 saturated carbocycles. The average Bonchev–Trinajstić information content (AvgIpc) is 2.87. The van der Waals surface area contributed by atoms with Gasteiger partial charge in [-0.3, -0.25) is 19.2 Å². The molecule has 0 radical (unpaired) electrons. The number of amides is 3. The molecular weight excluding hydrogens is 561 g/mol. The van der Waals surface area contributed by atoms with E-state index in [1.54, 1.807) is 71.9 Å². The minimum Gasteiger partial charge on any atom is -0.460 e. The second kappa shape index (κ2) is 15.7. The van der Waals surface area contributed by atoms with Gasteiger partial charge in [0.05, 0.1) is 6.42 Å². The number of esters is 2. The van der Waals surface area contributed by atoms with Crippen LogP contribution in [0.5, 0.6) is 0 Å². The van der Waals surface area contributed by atoms with E-state index in [0.717, 1.165) is 6.07 Å². The molecule has 0 saturated heterocycles. The van der Waals surface area contributed by atoms with Gasteiger partial charge >= 0.3 is 18.0 Å². The summed E-state index contributed by atoms with van der Waals surface area (Å²) < 4.78 is 29.5. The number of nitrogens with one attached hydrogen (secondary N) is 3. The molecule has 0 spiro atoms. The first-order valence-corrected chi connectivity index (χ1v) is 13.8. The number of halogens is 1. The highest BCUT2D eigenvalue weighted by atomic mass is 19.1. The van der Waals surface area contributed by atoms with Crippen molar-refractivity contribution >= 4 is 35.5 Å². The van der Waals surface area contributed by atoms with Crippen molar-refractivity contribution < 1.29 is 42.6 Å². The Bertz CT molecular complexity index is 1270. The van der Waals surface area contributed by atoms with Crippen LogP contribution in [0.1, 0.15) is 66.4 Å². The second-order valence-electron chi connectivity index (χ2n) is 11.7. The third-order valence-corrected chi connectivity index (χ3v) is 5.39. The zero-order valence-electron chi connectivity index (χ0n) is 25.3. The highest BCUT2D eigenvalue weighted by molar-refractivity contribution is 5.99. The molecule has 2 atom stereocenters. The molecule has 0 heterocycles. The molecule has 0 aromatic heterocycles. The van der Waals surface area contributed by atoms with Crippen LogP contribution in [-0.4, -0.2) is 53.1 Å². The number of anilines is 1. The summed E-state index contributed by atoms with van der Waals surface area (Å²) in [6.07, 6.45) is -2.00. The van der Waals surface area contributed by atoms with Crippen LogP contribution in [0.2, 0.25) is 0 Å². The van der Waals surface area contributed by atoms with Crippen LogP contribution in [0, 0.1) is 5.82 Å². The van der Waals surface area contributed by atoms with Crippen LogP contribution in [0.15, 0.2) is 54.6 Å². The first-order chi connectivity index (χ1) is 20.0. The summed E-state index contributed by atoms with van der Waals surface area (Å²) in [6, 6.07) is 11.1. The third-order valence-electron chi connectivity index (χ3n) is 5.39. The van der Waals surface area contributed by atoms with E-state index in [9.17, 15) is 28.4 Å². The van der Waals surface area contributed by atoms with E-state index in [2.05, 4.69) is 16.0 Å². The molecular formula is C31H40FN3O8. The highest BCUT2D eigenvalue weighted by Crippen LogP contribution is 2.14. The van der Waals surface area contributed by atoms with E-state index in [4.69, 9.17) is 14.2 Å². The van der Waals surface area contributed by atoms with E-state index in [1.165, 1.54) is 18.2 Å². The van der Waals surface area contributed by atoms with Gasteiger partial charge in [0.2, 0.25) is 11.8 Å². The van der Waals surface area contributed by atoms with Crippen molar-refractivity contribution in [1.29, 1.82) is 0 Å². The van der Waals surface area contributed by atoms with Gasteiger partial charge < -0.3 is 30.2 Å². The lowest BCUT2D eigenvalue weighted by Crippen LogP contribution is -2.53. The van der Waals surface area contributed by atoms with Gasteiger partial charge in [-0.2, -0.15) is 0 Å². The predicted molar refractivity (Wildman–Crippen MR) is 156 cm³/mol.